The second kappa shape index (κ2) is 9.51. The molecule has 7 nitrogen and oxygen atoms in total. The standard InChI is InChI=1S/C23H26O7S/c1-3-4-5-6-7-8-11-29-20-14-16(31(2,27)28)13-18-21(24)17-12-15(23(25)26)9-10-19(17)30-22(18)20/h9-10,12-14H,3-8,11H2,1-2H3,(H,25,26). The predicted octanol–water partition coefficient (Wildman–Crippen LogP) is 4.79. The van der Waals surface area contributed by atoms with E-state index in [2.05, 4.69) is 6.92 Å². The summed E-state index contributed by atoms with van der Waals surface area (Å²) in [4.78, 5) is 24.3. The highest BCUT2D eigenvalue weighted by Gasteiger charge is 2.19. The van der Waals surface area contributed by atoms with Crippen LogP contribution in [0.4, 0.5) is 0 Å². The van der Waals surface area contributed by atoms with Crippen molar-refractivity contribution in [1.29, 1.82) is 0 Å². The first kappa shape index (κ1) is 22.8. The second-order valence-corrected chi connectivity index (χ2v) is 9.65. The summed E-state index contributed by atoms with van der Waals surface area (Å²) in [5, 5.41) is 9.31. The van der Waals surface area contributed by atoms with E-state index in [1.165, 1.54) is 49.6 Å². The number of hydrogen-bond donors (Lipinski definition) is 1. The number of aromatic carboxylic acids is 1. The van der Waals surface area contributed by atoms with E-state index >= 15 is 0 Å². The summed E-state index contributed by atoms with van der Waals surface area (Å²) in [6, 6.07) is 6.62. The van der Waals surface area contributed by atoms with E-state index in [9.17, 15) is 23.1 Å². The number of rotatable bonds is 10. The van der Waals surface area contributed by atoms with Gasteiger partial charge in [-0.2, -0.15) is 0 Å². The fourth-order valence-electron chi connectivity index (χ4n) is 3.42. The number of benzene rings is 2. The van der Waals surface area contributed by atoms with E-state index < -0.39 is 21.2 Å². The van der Waals surface area contributed by atoms with Gasteiger partial charge in [-0.15, -0.1) is 0 Å². The SMILES string of the molecule is CCCCCCCCOc1cc(S(C)(=O)=O)cc2c(=O)c3cc(C(=O)O)ccc3oc12. The van der Waals surface area contributed by atoms with Crippen LogP contribution in [0.3, 0.4) is 0 Å². The third-order valence-corrected chi connectivity index (χ3v) is 6.23. The number of carboxylic acid groups (broad SMARTS) is 1. The van der Waals surface area contributed by atoms with Gasteiger partial charge in [0.2, 0.25) is 5.43 Å². The summed E-state index contributed by atoms with van der Waals surface area (Å²) < 4.78 is 36.0. The number of fused-ring (bicyclic) bond motifs is 2. The lowest BCUT2D eigenvalue weighted by molar-refractivity contribution is 0.0697. The van der Waals surface area contributed by atoms with E-state index in [-0.39, 0.29) is 38.1 Å². The molecule has 8 heteroatoms. The van der Waals surface area contributed by atoms with Gasteiger partial charge in [0.05, 0.1) is 27.8 Å². The third kappa shape index (κ3) is 5.25. The van der Waals surface area contributed by atoms with Crippen LogP contribution in [0.5, 0.6) is 5.75 Å². The summed E-state index contributed by atoms with van der Waals surface area (Å²) in [7, 11) is -3.61. The van der Waals surface area contributed by atoms with E-state index in [0.717, 1.165) is 25.5 Å². The van der Waals surface area contributed by atoms with Gasteiger partial charge in [-0.25, -0.2) is 13.2 Å². The van der Waals surface area contributed by atoms with Crippen molar-refractivity contribution >= 4 is 37.7 Å². The van der Waals surface area contributed by atoms with Crippen molar-refractivity contribution in [2.45, 2.75) is 50.3 Å². The first-order valence-electron chi connectivity index (χ1n) is 10.3. The van der Waals surface area contributed by atoms with Gasteiger partial charge in [-0.05, 0) is 30.7 Å². The van der Waals surface area contributed by atoms with Gasteiger partial charge < -0.3 is 14.3 Å². The molecule has 31 heavy (non-hydrogen) atoms. The molecule has 2 aromatic carbocycles. The Bertz CT molecular complexity index is 1270. The fraction of sp³-hybridized carbons (Fsp3) is 0.391. The summed E-state index contributed by atoms with van der Waals surface area (Å²) in [5.74, 6) is -0.984. The average Bonchev–Trinajstić information content (AvgIpc) is 2.72. The van der Waals surface area contributed by atoms with E-state index in [1.54, 1.807) is 0 Å². The second-order valence-electron chi connectivity index (χ2n) is 7.63. The van der Waals surface area contributed by atoms with Crippen LogP contribution in [-0.4, -0.2) is 32.4 Å². The molecule has 0 saturated carbocycles. The van der Waals surface area contributed by atoms with Gasteiger partial charge in [-0.3, -0.25) is 4.79 Å². The molecule has 0 aliphatic carbocycles. The number of ether oxygens (including phenoxy) is 1. The molecule has 0 spiro atoms. The molecule has 166 valence electrons. The van der Waals surface area contributed by atoms with Gasteiger partial charge >= 0.3 is 5.97 Å². The molecule has 0 atom stereocenters. The number of carbonyl (C=O) groups is 1. The molecule has 0 amide bonds. The Hall–Kier alpha value is -2.87. The first-order chi connectivity index (χ1) is 14.7. The first-order valence-corrected chi connectivity index (χ1v) is 12.2. The van der Waals surface area contributed by atoms with Gasteiger partial charge in [0.25, 0.3) is 0 Å². The van der Waals surface area contributed by atoms with Gasteiger partial charge in [0.15, 0.2) is 21.2 Å². The van der Waals surface area contributed by atoms with Crippen LogP contribution in [0.2, 0.25) is 0 Å². The lowest BCUT2D eigenvalue weighted by Gasteiger charge is -2.11. The smallest absolute Gasteiger partial charge is 0.335 e. The highest BCUT2D eigenvalue weighted by molar-refractivity contribution is 7.90. The molecule has 3 rings (SSSR count). The molecule has 0 unspecified atom stereocenters. The lowest BCUT2D eigenvalue weighted by atomic mass is 10.1. The number of carboxylic acids is 1. The zero-order chi connectivity index (χ0) is 22.6. The van der Waals surface area contributed by atoms with Crippen molar-refractivity contribution in [3.63, 3.8) is 0 Å². The van der Waals surface area contributed by atoms with Crippen molar-refractivity contribution in [2.24, 2.45) is 0 Å². The van der Waals surface area contributed by atoms with Gasteiger partial charge in [0, 0.05) is 12.3 Å². The number of sulfone groups is 1. The predicted molar refractivity (Wildman–Crippen MR) is 119 cm³/mol. The minimum atomic E-state index is -3.61. The fourth-order valence-corrected chi connectivity index (χ4v) is 4.07. The maximum atomic E-state index is 13.1. The summed E-state index contributed by atoms with van der Waals surface area (Å²) in [6.07, 6.45) is 7.49. The van der Waals surface area contributed by atoms with E-state index in [4.69, 9.17) is 9.15 Å². The van der Waals surface area contributed by atoms with Crippen molar-refractivity contribution in [1.82, 2.24) is 0 Å². The van der Waals surface area contributed by atoms with Crippen LogP contribution >= 0.6 is 0 Å². The topological polar surface area (TPSA) is 111 Å². The molecule has 0 bridgehead atoms. The molecule has 0 radical (unpaired) electrons. The maximum absolute atomic E-state index is 13.1. The van der Waals surface area contributed by atoms with Crippen LogP contribution < -0.4 is 10.2 Å². The highest BCUT2D eigenvalue weighted by atomic mass is 32.2. The van der Waals surface area contributed by atoms with Crippen molar-refractivity contribution < 1.29 is 27.5 Å². The quantitative estimate of drug-likeness (QED) is 0.352. The molecule has 3 aromatic rings. The lowest BCUT2D eigenvalue weighted by Crippen LogP contribution is -2.08. The molecule has 1 aromatic heterocycles. The largest absolute Gasteiger partial charge is 0.490 e. The van der Waals surface area contributed by atoms with Crippen molar-refractivity contribution in [3.8, 4) is 5.75 Å². The van der Waals surface area contributed by atoms with Gasteiger partial charge in [-0.1, -0.05) is 39.0 Å². The monoisotopic (exact) mass is 446 g/mol. The molecule has 0 aliphatic rings. The van der Waals surface area contributed by atoms with E-state index in [0.29, 0.717) is 6.61 Å². The Kier molecular flexibility index (Phi) is 7.00. The zero-order valence-corrected chi connectivity index (χ0v) is 18.5. The average molecular weight is 447 g/mol. The Morgan fingerprint density at radius 2 is 1.74 bits per heavy atom. The summed E-state index contributed by atoms with van der Waals surface area (Å²) in [6.45, 7) is 2.52. The van der Waals surface area contributed by atoms with Crippen molar-refractivity contribution in [3.05, 3.63) is 46.1 Å². The molecule has 0 aliphatic heterocycles. The third-order valence-electron chi connectivity index (χ3n) is 5.14. The zero-order valence-electron chi connectivity index (χ0n) is 17.6. The van der Waals surface area contributed by atoms with Crippen LogP contribution in [0.1, 0.15) is 55.8 Å². The summed E-state index contributed by atoms with van der Waals surface area (Å²) >= 11 is 0. The normalized spacial score (nSPS) is 11.8. The maximum Gasteiger partial charge on any atom is 0.335 e. The van der Waals surface area contributed by atoms with Crippen LogP contribution in [0.15, 0.2) is 44.4 Å². The minimum Gasteiger partial charge on any atom is -0.490 e. The minimum absolute atomic E-state index is 0.0379. The molecule has 0 fully saturated rings. The highest BCUT2D eigenvalue weighted by Crippen LogP contribution is 2.31. The molecular weight excluding hydrogens is 420 g/mol. The molecule has 1 heterocycles. The Labute approximate surface area is 180 Å². The van der Waals surface area contributed by atoms with Crippen LogP contribution in [0.25, 0.3) is 21.9 Å². The van der Waals surface area contributed by atoms with Crippen LogP contribution in [-0.2, 0) is 9.84 Å². The summed E-state index contributed by atoms with van der Waals surface area (Å²) in [5.41, 5.74) is -0.204. The Balaban J connectivity index is 2.03. The van der Waals surface area contributed by atoms with Crippen molar-refractivity contribution in [2.75, 3.05) is 12.9 Å². The molecule has 1 N–H and O–H groups in total. The molecular formula is C23H26O7S. The van der Waals surface area contributed by atoms with Crippen LogP contribution in [0, 0.1) is 0 Å². The van der Waals surface area contributed by atoms with E-state index in [1.807, 2.05) is 0 Å². The Morgan fingerprint density at radius 1 is 1.03 bits per heavy atom. The van der Waals surface area contributed by atoms with Gasteiger partial charge in [0.1, 0.15) is 5.58 Å². The Morgan fingerprint density at radius 3 is 2.42 bits per heavy atom. The number of unbranched alkanes of at least 4 members (excludes halogenated alkanes) is 5. The number of hydrogen-bond acceptors (Lipinski definition) is 6. The molecule has 0 saturated heterocycles.